The maximum absolute atomic E-state index is 11.9. The zero-order valence-corrected chi connectivity index (χ0v) is 12.0. The second-order valence-corrected chi connectivity index (χ2v) is 4.84. The lowest BCUT2D eigenvalue weighted by atomic mass is 10.1. The Labute approximate surface area is 121 Å². The first-order valence-corrected chi connectivity index (χ1v) is 6.63. The first-order chi connectivity index (χ1) is 9.97. The minimum absolute atomic E-state index is 0.104. The van der Waals surface area contributed by atoms with Gasteiger partial charge in [0.2, 0.25) is 5.91 Å². The van der Waals surface area contributed by atoms with Crippen LogP contribution in [0.3, 0.4) is 0 Å². The van der Waals surface area contributed by atoms with Crippen LogP contribution in [0.1, 0.15) is 17.5 Å². The fourth-order valence-corrected chi connectivity index (χ4v) is 1.94. The molecule has 0 aliphatic carbocycles. The van der Waals surface area contributed by atoms with E-state index >= 15 is 0 Å². The first-order valence-electron chi connectivity index (χ1n) is 6.63. The number of hydrogen-bond acceptors (Lipinski definition) is 3. The van der Waals surface area contributed by atoms with Crippen LogP contribution in [0, 0.1) is 13.8 Å². The van der Waals surface area contributed by atoms with E-state index in [1.165, 1.54) is 6.07 Å². The largest absolute Gasteiger partial charge is 0.326 e. The third-order valence-electron chi connectivity index (χ3n) is 3.33. The lowest BCUT2D eigenvalue weighted by Crippen LogP contribution is -2.29. The average molecular weight is 287 g/mol. The van der Waals surface area contributed by atoms with Gasteiger partial charge in [0.05, 0.1) is 6.54 Å². The van der Waals surface area contributed by atoms with Crippen LogP contribution in [0.4, 0.5) is 5.69 Å². The number of nitrogens with zero attached hydrogens (tertiary/aromatic N) is 1. The van der Waals surface area contributed by atoms with Gasteiger partial charge in [-0.3, -0.25) is 19.5 Å². The number of hydrogen-bond donors (Lipinski definition) is 2. The summed E-state index contributed by atoms with van der Waals surface area (Å²) in [5.74, 6) is -0.208. The molecule has 6 nitrogen and oxygen atoms in total. The molecule has 1 heterocycles. The molecule has 2 N–H and O–H groups in total. The van der Waals surface area contributed by atoms with E-state index in [0.717, 1.165) is 27.6 Å². The predicted molar refractivity (Wildman–Crippen MR) is 80.5 cm³/mol. The number of benzene rings is 1. The van der Waals surface area contributed by atoms with Crippen molar-refractivity contribution in [3.8, 4) is 0 Å². The van der Waals surface area contributed by atoms with Crippen LogP contribution in [0.5, 0.6) is 0 Å². The van der Waals surface area contributed by atoms with Crippen LogP contribution in [-0.2, 0) is 11.3 Å². The number of aromatic amines is 1. The highest BCUT2D eigenvalue weighted by atomic mass is 16.2. The summed E-state index contributed by atoms with van der Waals surface area (Å²) in [5.41, 5.74) is 2.15. The van der Waals surface area contributed by atoms with E-state index in [0.29, 0.717) is 0 Å². The summed E-state index contributed by atoms with van der Waals surface area (Å²) in [6.07, 6.45) is 0.104. The van der Waals surface area contributed by atoms with Crippen molar-refractivity contribution in [1.29, 1.82) is 0 Å². The fourth-order valence-electron chi connectivity index (χ4n) is 1.94. The topological polar surface area (TPSA) is 84.0 Å². The molecule has 1 amide bonds. The number of aromatic nitrogens is 2. The number of amides is 1. The lowest BCUT2D eigenvalue weighted by Gasteiger charge is -2.10. The van der Waals surface area contributed by atoms with Crippen molar-refractivity contribution in [1.82, 2.24) is 9.78 Å². The van der Waals surface area contributed by atoms with Crippen LogP contribution in [-0.4, -0.2) is 15.7 Å². The van der Waals surface area contributed by atoms with E-state index in [1.807, 2.05) is 32.0 Å². The second-order valence-electron chi connectivity index (χ2n) is 4.84. The molecule has 2 rings (SSSR count). The molecule has 0 unspecified atom stereocenters. The molecule has 0 radical (unpaired) electrons. The maximum Gasteiger partial charge on any atom is 0.265 e. The van der Waals surface area contributed by atoms with Crippen LogP contribution >= 0.6 is 0 Å². The molecule has 1 aromatic carbocycles. The van der Waals surface area contributed by atoms with E-state index < -0.39 is 0 Å². The number of aryl methyl sites for hydroxylation is 2. The van der Waals surface area contributed by atoms with Gasteiger partial charge in [0.25, 0.3) is 11.1 Å². The zero-order chi connectivity index (χ0) is 15.4. The van der Waals surface area contributed by atoms with Crippen molar-refractivity contribution in [2.75, 3.05) is 5.32 Å². The first kappa shape index (κ1) is 14.8. The van der Waals surface area contributed by atoms with Crippen molar-refractivity contribution < 1.29 is 4.79 Å². The maximum atomic E-state index is 11.9. The SMILES string of the molecule is Cc1cccc(NC(=O)CCn2[nH]c(=O)ccc2=O)c1C. The van der Waals surface area contributed by atoms with Gasteiger partial charge >= 0.3 is 0 Å². The molecule has 0 aliphatic heterocycles. The molecule has 1 aromatic heterocycles. The van der Waals surface area contributed by atoms with E-state index in [4.69, 9.17) is 0 Å². The van der Waals surface area contributed by atoms with Crippen LogP contribution < -0.4 is 16.4 Å². The smallest absolute Gasteiger partial charge is 0.265 e. The number of anilines is 1. The van der Waals surface area contributed by atoms with Gasteiger partial charge in [-0.15, -0.1) is 0 Å². The van der Waals surface area contributed by atoms with Gasteiger partial charge in [0, 0.05) is 24.2 Å². The summed E-state index contributed by atoms with van der Waals surface area (Å²) in [5, 5.41) is 5.19. The standard InChI is InChI=1S/C15H17N3O3/c1-10-4-3-5-12(11(10)2)16-13(19)8-9-18-15(21)7-6-14(20)17-18/h3-7H,8-9H2,1-2H3,(H,16,19)(H,17,20). The minimum Gasteiger partial charge on any atom is -0.326 e. The summed E-state index contributed by atoms with van der Waals surface area (Å²) in [7, 11) is 0. The highest BCUT2D eigenvalue weighted by Crippen LogP contribution is 2.17. The van der Waals surface area contributed by atoms with E-state index in [2.05, 4.69) is 10.4 Å². The molecule has 0 saturated heterocycles. The molecule has 0 aliphatic rings. The normalized spacial score (nSPS) is 10.4. The van der Waals surface area contributed by atoms with Gasteiger partial charge in [-0.05, 0) is 31.0 Å². The Balaban J connectivity index is 2.02. The number of rotatable bonds is 4. The monoisotopic (exact) mass is 287 g/mol. The lowest BCUT2D eigenvalue weighted by molar-refractivity contribution is -0.116. The van der Waals surface area contributed by atoms with Crippen molar-refractivity contribution in [2.24, 2.45) is 0 Å². The highest BCUT2D eigenvalue weighted by molar-refractivity contribution is 5.91. The third-order valence-corrected chi connectivity index (χ3v) is 3.33. The molecule has 2 aromatic rings. The molecule has 110 valence electrons. The highest BCUT2D eigenvalue weighted by Gasteiger charge is 2.07. The van der Waals surface area contributed by atoms with Crippen molar-refractivity contribution in [3.63, 3.8) is 0 Å². The molecule has 6 heteroatoms. The summed E-state index contributed by atoms with van der Waals surface area (Å²) >= 11 is 0. The van der Waals surface area contributed by atoms with Crippen molar-refractivity contribution in [3.05, 3.63) is 62.2 Å². The van der Waals surface area contributed by atoms with Gasteiger partial charge in [-0.25, -0.2) is 4.68 Å². The van der Waals surface area contributed by atoms with Crippen molar-refractivity contribution >= 4 is 11.6 Å². The molecular weight excluding hydrogens is 270 g/mol. The Hall–Kier alpha value is -2.63. The Kier molecular flexibility index (Phi) is 4.37. The summed E-state index contributed by atoms with van der Waals surface area (Å²) in [6.45, 7) is 4.04. The Bertz CT molecular complexity index is 774. The van der Waals surface area contributed by atoms with Gasteiger partial charge < -0.3 is 5.32 Å². The molecular formula is C15H17N3O3. The summed E-state index contributed by atoms with van der Waals surface area (Å²) < 4.78 is 1.13. The zero-order valence-electron chi connectivity index (χ0n) is 12.0. The van der Waals surface area contributed by atoms with Gasteiger partial charge in [0.15, 0.2) is 0 Å². The molecule has 21 heavy (non-hydrogen) atoms. The molecule has 0 atom stereocenters. The quantitative estimate of drug-likeness (QED) is 0.885. The fraction of sp³-hybridized carbons (Fsp3) is 0.267. The van der Waals surface area contributed by atoms with Crippen LogP contribution in [0.25, 0.3) is 0 Å². The van der Waals surface area contributed by atoms with E-state index in [9.17, 15) is 14.4 Å². The predicted octanol–water partition coefficient (Wildman–Crippen LogP) is 1.18. The molecule has 0 bridgehead atoms. The minimum atomic E-state index is -0.371. The van der Waals surface area contributed by atoms with Crippen molar-refractivity contribution in [2.45, 2.75) is 26.8 Å². The number of H-pyrrole nitrogens is 1. The Morgan fingerprint density at radius 1 is 1.19 bits per heavy atom. The van der Waals surface area contributed by atoms with Gasteiger partial charge in [0.1, 0.15) is 0 Å². The van der Waals surface area contributed by atoms with E-state index in [-0.39, 0.29) is 30.0 Å². The van der Waals surface area contributed by atoms with Crippen LogP contribution in [0.2, 0.25) is 0 Å². The Morgan fingerprint density at radius 3 is 2.71 bits per heavy atom. The Morgan fingerprint density at radius 2 is 1.95 bits per heavy atom. The number of nitrogens with one attached hydrogen (secondary N) is 2. The van der Waals surface area contributed by atoms with Gasteiger partial charge in [-0.2, -0.15) is 0 Å². The van der Waals surface area contributed by atoms with Crippen LogP contribution in [0.15, 0.2) is 39.9 Å². The molecule has 0 fully saturated rings. The van der Waals surface area contributed by atoms with E-state index in [1.54, 1.807) is 0 Å². The average Bonchev–Trinajstić information content (AvgIpc) is 2.45. The summed E-state index contributed by atoms with van der Waals surface area (Å²) in [4.78, 5) is 34.6. The third kappa shape index (κ3) is 3.68. The number of carbonyl (C=O) groups is 1. The molecule has 0 saturated carbocycles. The summed E-state index contributed by atoms with van der Waals surface area (Å²) in [6, 6.07) is 8.02. The van der Waals surface area contributed by atoms with Gasteiger partial charge in [-0.1, -0.05) is 12.1 Å². The second kappa shape index (κ2) is 6.21. The molecule has 0 spiro atoms. The number of carbonyl (C=O) groups excluding carboxylic acids is 1.